The number of carbonyl (C=O) groups is 1. The van der Waals surface area contributed by atoms with Crippen LogP contribution < -0.4 is 10.5 Å². The number of imidazole rings is 2. The number of carbonyl (C=O) groups excluding carboxylic acids is 1. The van der Waals surface area contributed by atoms with Gasteiger partial charge in [0, 0.05) is 42.8 Å². The molecule has 1 atom stereocenters. The summed E-state index contributed by atoms with van der Waals surface area (Å²) in [4.78, 5) is 26.0. The second-order valence-corrected chi connectivity index (χ2v) is 10.9. The first-order valence-corrected chi connectivity index (χ1v) is 14.2. The smallest absolute Gasteiger partial charge is 0.374 e. The number of aromatic nitrogens is 5. The van der Waals surface area contributed by atoms with Gasteiger partial charge < -0.3 is 19.8 Å². The van der Waals surface area contributed by atoms with Crippen molar-refractivity contribution < 1.29 is 14.3 Å². The standard InChI is InChI=1S/C32H32N6O3/c1-2-40-32(39)31-35-12-14-37(31)19-20-16-24(17-20)30-36-27(28-29(33)34-13-15-38(28)30)23-9-8-22-10-11-25(41-26(22)18-23)21-6-4-3-5-7-21/h3-9,12-15,18,20,24-25H,2,10-11,16-17,19H2,1H3,(H2,33,34)/t20-,24+,25-/m1/s1. The van der Waals surface area contributed by atoms with E-state index in [0.717, 1.165) is 60.6 Å². The van der Waals surface area contributed by atoms with Crippen LogP contribution in [-0.2, 0) is 17.7 Å². The normalized spacial score (nSPS) is 19.8. The summed E-state index contributed by atoms with van der Waals surface area (Å²) >= 11 is 0. The molecule has 208 valence electrons. The summed E-state index contributed by atoms with van der Waals surface area (Å²) in [6, 6.07) is 16.7. The van der Waals surface area contributed by atoms with Gasteiger partial charge in [0.1, 0.15) is 34.7 Å². The zero-order valence-electron chi connectivity index (χ0n) is 22.9. The van der Waals surface area contributed by atoms with Crippen LogP contribution in [0.5, 0.6) is 5.75 Å². The minimum absolute atomic E-state index is 0.0340. The summed E-state index contributed by atoms with van der Waals surface area (Å²) in [7, 11) is 0. The number of nitrogens with two attached hydrogens (primary N) is 1. The molecule has 0 saturated heterocycles. The number of hydrogen-bond donors (Lipinski definition) is 1. The molecule has 2 aliphatic rings. The quantitative estimate of drug-likeness (QED) is 0.263. The van der Waals surface area contributed by atoms with Gasteiger partial charge in [-0.3, -0.25) is 4.40 Å². The summed E-state index contributed by atoms with van der Waals surface area (Å²) in [5.41, 5.74) is 11.4. The van der Waals surface area contributed by atoms with E-state index >= 15 is 0 Å². The third-order valence-electron chi connectivity index (χ3n) is 8.30. The molecule has 2 N–H and O–H groups in total. The first-order chi connectivity index (χ1) is 20.1. The molecule has 3 aromatic heterocycles. The first-order valence-electron chi connectivity index (χ1n) is 14.2. The fourth-order valence-corrected chi connectivity index (χ4v) is 6.21. The molecular weight excluding hydrogens is 516 g/mol. The van der Waals surface area contributed by atoms with Crippen LogP contribution >= 0.6 is 0 Å². The number of hydrogen-bond acceptors (Lipinski definition) is 7. The van der Waals surface area contributed by atoms with Gasteiger partial charge in [0.05, 0.1) is 6.61 Å². The number of esters is 1. The summed E-state index contributed by atoms with van der Waals surface area (Å²) in [5, 5.41) is 0. The number of aryl methyl sites for hydroxylation is 1. The number of anilines is 1. The van der Waals surface area contributed by atoms with E-state index in [4.69, 9.17) is 20.2 Å². The molecule has 4 heterocycles. The summed E-state index contributed by atoms with van der Waals surface area (Å²) in [6.45, 7) is 2.84. The van der Waals surface area contributed by atoms with E-state index in [1.165, 1.54) is 11.1 Å². The van der Waals surface area contributed by atoms with Crippen molar-refractivity contribution in [2.75, 3.05) is 12.3 Å². The third-order valence-corrected chi connectivity index (χ3v) is 8.30. The van der Waals surface area contributed by atoms with Gasteiger partial charge in [-0.2, -0.15) is 0 Å². The molecular formula is C32H32N6O3. The number of nitrogen functional groups attached to an aromatic ring is 1. The van der Waals surface area contributed by atoms with Gasteiger partial charge in [0.25, 0.3) is 0 Å². The van der Waals surface area contributed by atoms with E-state index in [-0.39, 0.29) is 18.0 Å². The van der Waals surface area contributed by atoms with Gasteiger partial charge in [0.15, 0.2) is 0 Å². The highest BCUT2D eigenvalue weighted by Gasteiger charge is 2.35. The number of fused-ring (bicyclic) bond motifs is 2. The maximum Gasteiger partial charge on any atom is 0.374 e. The topological polar surface area (TPSA) is 110 Å². The van der Waals surface area contributed by atoms with Gasteiger partial charge >= 0.3 is 5.97 Å². The number of rotatable bonds is 7. The Morgan fingerprint density at radius 2 is 1.93 bits per heavy atom. The second kappa shape index (κ2) is 10.4. The van der Waals surface area contributed by atoms with Crippen molar-refractivity contribution in [1.82, 2.24) is 23.9 Å². The largest absolute Gasteiger partial charge is 0.485 e. The molecule has 41 heavy (non-hydrogen) atoms. The summed E-state index contributed by atoms with van der Waals surface area (Å²) in [5.74, 6) is 2.98. The highest BCUT2D eigenvalue weighted by atomic mass is 16.5. The van der Waals surface area contributed by atoms with E-state index in [9.17, 15) is 4.79 Å². The minimum atomic E-state index is -0.385. The molecule has 0 unspecified atom stereocenters. The van der Waals surface area contributed by atoms with Gasteiger partial charge in [-0.1, -0.05) is 42.5 Å². The molecule has 1 fully saturated rings. The Hall–Kier alpha value is -4.66. The molecule has 5 aromatic rings. The van der Waals surface area contributed by atoms with Crippen molar-refractivity contribution >= 4 is 17.3 Å². The van der Waals surface area contributed by atoms with Gasteiger partial charge in [0.2, 0.25) is 5.82 Å². The molecule has 7 rings (SSSR count). The number of benzene rings is 2. The first kappa shape index (κ1) is 25.3. The van der Waals surface area contributed by atoms with E-state index in [1.54, 1.807) is 19.3 Å². The second-order valence-electron chi connectivity index (χ2n) is 10.9. The monoisotopic (exact) mass is 548 g/mol. The molecule has 1 aliphatic heterocycles. The van der Waals surface area contributed by atoms with Crippen LogP contribution in [0.2, 0.25) is 0 Å². The van der Waals surface area contributed by atoms with Gasteiger partial charge in [-0.25, -0.2) is 19.7 Å². The zero-order valence-corrected chi connectivity index (χ0v) is 22.9. The predicted octanol–water partition coefficient (Wildman–Crippen LogP) is 5.61. The molecule has 0 bridgehead atoms. The molecule has 0 amide bonds. The minimum Gasteiger partial charge on any atom is -0.485 e. The molecule has 1 saturated carbocycles. The lowest BCUT2D eigenvalue weighted by Crippen LogP contribution is -2.28. The van der Waals surface area contributed by atoms with Crippen LogP contribution in [0.4, 0.5) is 5.82 Å². The SMILES string of the molecule is CCOC(=O)c1nccn1C[C@H]1C[C@@H](c2nc(-c3ccc4c(c3)O[C@@H](c3ccccc3)CC4)c3c(N)nccn32)C1. The van der Waals surface area contributed by atoms with Crippen LogP contribution in [0.3, 0.4) is 0 Å². The third kappa shape index (κ3) is 4.61. The lowest BCUT2D eigenvalue weighted by molar-refractivity contribution is 0.0503. The lowest BCUT2D eigenvalue weighted by atomic mass is 9.74. The van der Waals surface area contributed by atoms with Crippen LogP contribution in [0, 0.1) is 5.92 Å². The van der Waals surface area contributed by atoms with Crippen LogP contribution in [0.1, 0.15) is 65.8 Å². The molecule has 9 heteroatoms. The van der Waals surface area contributed by atoms with Gasteiger partial charge in [-0.05, 0) is 55.7 Å². The molecule has 9 nitrogen and oxygen atoms in total. The van der Waals surface area contributed by atoms with Crippen molar-refractivity contribution in [3.63, 3.8) is 0 Å². The zero-order chi connectivity index (χ0) is 27.9. The Balaban J connectivity index is 1.15. The highest BCUT2D eigenvalue weighted by Crippen LogP contribution is 2.45. The van der Waals surface area contributed by atoms with E-state index < -0.39 is 0 Å². The van der Waals surface area contributed by atoms with Crippen molar-refractivity contribution in [3.8, 4) is 17.0 Å². The summed E-state index contributed by atoms with van der Waals surface area (Å²) in [6.07, 6.45) is 11.0. The predicted molar refractivity (Wildman–Crippen MR) is 155 cm³/mol. The Kier molecular flexibility index (Phi) is 6.41. The maximum absolute atomic E-state index is 12.3. The lowest BCUT2D eigenvalue weighted by Gasteiger charge is -2.34. The summed E-state index contributed by atoms with van der Waals surface area (Å²) < 4.78 is 15.6. The number of ether oxygens (including phenoxy) is 2. The van der Waals surface area contributed by atoms with E-state index in [2.05, 4.69) is 56.8 Å². The van der Waals surface area contributed by atoms with Crippen molar-refractivity contribution in [2.45, 2.75) is 51.2 Å². The van der Waals surface area contributed by atoms with E-state index in [1.807, 2.05) is 23.0 Å². The van der Waals surface area contributed by atoms with Crippen LogP contribution in [0.25, 0.3) is 16.8 Å². The average Bonchev–Trinajstić information content (AvgIpc) is 3.60. The van der Waals surface area contributed by atoms with Crippen molar-refractivity contribution in [1.29, 1.82) is 0 Å². The molecule has 1 aliphatic carbocycles. The Labute approximate surface area is 238 Å². The fourth-order valence-electron chi connectivity index (χ4n) is 6.21. The van der Waals surface area contributed by atoms with Gasteiger partial charge in [-0.15, -0.1) is 0 Å². The molecule has 2 aromatic carbocycles. The van der Waals surface area contributed by atoms with Crippen molar-refractivity contribution in [2.24, 2.45) is 5.92 Å². The molecule has 0 spiro atoms. The fraction of sp³-hybridized carbons (Fsp3) is 0.312. The Morgan fingerprint density at radius 3 is 2.76 bits per heavy atom. The Morgan fingerprint density at radius 1 is 1.10 bits per heavy atom. The van der Waals surface area contributed by atoms with Crippen LogP contribution in [-0.4, -0.2) is 36.5 Å². The average molecular weight is 549 g/mol. The highest BCUT2D eigenvalue weighted by molar-refractivity contribution is 5.86. The van der Waals surface area contributed by atoms with Crippen molar-refractivity contribution in [3.05, 3.63) is 96.1 Å². The maximum atomic E-state index is 12.3. The van der Waals surface area contributed by atoms with E-state index in [0.29, 0.717) is 24.2 Å². The van der Waals surface area contributed by atoms with Crippen LogP contribution in [0.15, 0.2) is 73.3 Å². The Bertz CT molecular complexity index is 1720. The number of nitrogens with zero attached hydrogens (tertiary/aromatic N) is 5. The molecule has 0 radical (unpaired) electrons.